The Kier molecular flexibility index (Phi) is 3.09. The Hall–Kier alpha value is -0.980. The lowest BCUT2D eigenvalue weighted by Gasteiger charge is -2.28. The number of benzene rings is 1. The van der Waals surface area contributed by atoms with Crippen molar-refractivity contribution in [1.29, 1.82) is 0 Å². The van der Waals surface area contributed by atoms with Gasteiger partial charge in [0.1, 0.15) is 0 Å². The van der Waals surface area contributed by atoms with E-state index in [-0.39, 0.29) is 0 Å². The SMILES string of the molecule is CC1CCC(c2ccc3c(c2)NCCC3)CC1. The fourth-order valence-electron chi connectivity index (χ4n) is 3.33. The second-order valence-corrected chi connectivity index (χ2v) is 5.90. The molecule has 1 aliphatic carbocycles. The summed E-state index contributed by atoms with van der Waals surface area (Å²) >= 11 is 0. The van der Waals surface area contributed by atoms with Gasteiger partial charge in [-0.25, -0.2) is 0 Å². The third-order valence-corrected chi connectivity index (χ3v) is 4.56. The molecule has 0 spiro atoms. The smallest absolute Gasteiger partial charge is 0.0375 e. The van der Waals surface area contributed by atoms with Gasteiger partial charge in [-0.15, -0.1) is 0 Å². The summed E-state index contributed by atoms with van der Waals surface area (Å²) < 4.78 is 0. The summed E-state index contributed by atoms with van der Waals surface area (Å²) in [6.45, 7) is 3.54. The van der Waals surface area contributed by atoms with Crippen molar-refractivity contribution in [2.45, 2.75) is 51.4 Å². The van der Waals surface area contributed by atoms with E-state index in [4.69, 9.17) is 0 Å². The van der Waals surface area contributed by atoms with Crippen LogP contribution in [-0.2, 0) is 6.42 Å². The van der Waals surface area contributed by atoms with E-state index in [1.807, 2.05) is 0 Å². The Morgan fingerprint density at radius 3 is 2.76 bits per heavy atom. The molecule has 1 saturated carbocycles. The summed E-state index contributed by atoms with van der Waals surface area (Å²) in [4.78, 5) is 0. The van der Waals surface area contributed by atoms with Crippen LogP contribution in [0.3, 0.4) is 0 Å². The van der Waals surface area contributed by atoms with Crippen molar-refractivity contribution in [2.75, 3.05) is 11.9 Å². The Balaban J connectivity index is 1.79. The van der Waals surface area contributed by atoms with E-state index in [1.165, 1.54) is 49.8 Å². The van der Waals surface area contributed by atoms with Gasteiger partial charge in [0.25, 0.3) is 0 Å². The molecule has 1 nitrogen and oxygen atoms in total. The molecule has 0 atom stereocenters. The van der Waals surface area contributed by atoms with E-state index in [0.29, 0.717) is 0 Å². The van der Waals surface area contributed by atoms with Crippen molar-refractivity contribution in [2.24, 2.45) is 5.92 Å². The first-order valence-corrected chi connectivity index (χ1v) is 7.19. The summed E-state index contributed by atoms with van der Waals surface area (Å²) in [5, 5.41) is 3.55. The fraction of sp³-hybridized carbons (Fsp3) is 0.625. The molecule has 0 unspecified atom stereocenters. The number of hydrogen-bond acceptors (Lipinski definition) is 1. The monoisotopic (exact) mass is 229 g/mol. The molecule has 0 saturated heterocycles. The number of aryl methyl sites for hydroxylation is 1. The molecule has 0 amide bonds. The summed E-state index contributed by atoms with van der Waals surface area (Å²) in [6, 6.07) is 7.16. The van der Waals surface area contributed by atoms with Gasteiger partial charge in [-0.05, 0) is 54.7 Å². The van der Waals surface area contributed by atoms with Gasteiger partial charge in [-0.1, -0.05) is 31.9 Å². The van der Waals surface area contributed by atoms with Crippen molar-refractivity contribution < 1.29 is 0 Å². The van der Waals surface area contributed by atoms with Gasteiger partial charge in [0, 0.05) is 12.2 Å². The van der Waals surface area contributed by atoms with Crippen LogP contribution in [0.5, 0.6) is 0 Å². The van der Waals surface area contributed by atoms with Crippen LogP contribution < -0.4 is 5.32 Å². The van der Waals surface area contributed by atoms with E-state index in [2.05, 4.69) is 30.4 Å². The zero-order valence-corrected chi connectivity index (χ0v) is 10.8. The minimum Gasteiger partial charge on any atom is -0.385 e. The molecule has 1 aromatic carbocycles. The molecule has 0 aromatic heterocycles. The minimum absolute atomic E-state index is 0.820. The predicted octanol–water partition coefficient (Wildman–Crippen LogP) is 4.34. The van der Waals surface area contributed by atoms with E-state index in [0.717, 1.165) is 18.4 Å². The lowest BCUT2D eigenvalue weighted by Crippen LogP contribution is -2.14. The van der Waals surface area contributed by atoms with Crippen molar-refractivity contribution in [3.8, 4) is 0 Å². The second-order valence-electron chi connectivity index (χ2n) is 5.90. The molecule has 1 aliphatic heterocycles. The molecule has 3 rings (SSSR count). The highest BCUT2D eigenvalue weighted by atomic mass is 14.9. The van der Waals surface area contributed by atoms with E-state index in [9.17, 15) is 0 Å². The molecule has 92 valence electrons. The third-order valence-electron chi connectivity index (χ3n) is 4.56. The molecule has 17 heavy (non-hydrogen) atoms. The molecule has 0 bridgehead atoms. The molecule has 1 N–H and O–H groups in total. The number of fused-ring (bicyclic) bond motifs is 1. The first-order chi connectivity index (χ1) is 8.33. The third kappa shape index (κ3) is 2.34. The highest BCUT2D eigenvalue weighted by Gasteiger charge is 2.20. The maximum Gasteiger partial charge on any atom is 0.0375 e. The summed E-state index contributed by atoms with van der Waals surface area (Å²) in [6.07, 6.45) is 8.14. The average Bonchev–Trinajstić information content (AvgIpc) is 2.39. The van der Waals surface area contributed by atoms with Crippen LogP contribution in [-0.4, -0.2) is 6.54 Å². The van der Waals surface area contributed by atoms with Gasteiger partial charge in [0.05, 0.1) is 0 Å². The van der Waals surface area contributed by atoms with Crippen LogP contribution in [0.1, 0.15) is 56.1 Å². The van der Waals surface area contributed by atoms with Crippen molar-refractivity contribution in [3.05, 3.63) is 29.3 Å². The van der Waals surface area contributed by atoms with Crippen LogP contribution in [0.2, 0.25) is 0 Å². The summed E-state index contributed by atoms with van der Waals surface area (Å²) in [7, 11) is 0. The van der Waals surface area contributed by atoms with E-state index >= 15 is 0 Å². The number of anilines is 1. The lowest BCUT2D eigenvalue weighted by molar-refractivity contribution is 0.348. The van der Waals surface area contributed by atoms with E-state index in [1.54, 1.807) is 5.56 Å². The predicted molar refractivity (Wildman–Crippen MR) is 73.6 cm³/mol. The Bertz CT molecular complexity index is 389. The minimum atomic E-state index is 0.820. The van der Waals surface area contributed by atoms with Crippen molar-refractivity contribution >= 4 is 5.69 Å². The number of nitrogens with one attached hydrogen (secondary N) is 1. The topological polar surface area (TPSA) is 12.0 Å². The van der Waals surface area contributed by atoms with Gasteiger partial charge < -0.3 is 5.32 Å². The van der Waals surface area contributed by atoms with Gasteiger partial charge in [-0.3, -0.25) is 0 Å². The molecule has 1 heteroatoms. The maximum atomic E-state index is 3.55. The molecular formula is C16H23N. The second kappa shape index (κ2) is 4.72. The first kappa shape index (κ1) is 11.1. The summed E-state index contributed by atoms with van der Waals surface area (Å²) in [5.74, 6) is 1.77. The zero-order valence-electron chi connectivity index (χ0n) is 10.8. The molecule has 0 radical (unpaired) electrons. The molecule has 2 aliphatic rings. The van der Waals surface area contributed by atoms with Crippen molar-refractivity contribution in [1.82, 2.24) is 0 Å². The number of rotatable bonds is 1. The highest BCUT2D eigenvalue weighted by molar-refractivity contribution is 5.55. The van der Waals surface area contributed by atoms with Crippen LogP contribution in [0.4, 0.5) is 5.69 Å². The Morgan fingerprint density at radius 2 is 1.94 bits per heavy atom. The summed E-state index contributed by atoms with van der Waals surface area (Å²) in [5.41, 5.74) is 4.50. The average molecular weight is 229 g/mol. The number of hydrogen-bond donors (Lipinski definition) is 1. The van der Waals surface area contributed by atoms with Gasteiger partial charge in [0.15, 0.2) is 0 Å². The highest BCUT2D eigenvalue weighted by Crippen LogP contribution is 2.37. The van der Waals surface area contributed by atoms with E-state index < -0.39 is 0 Å². The van der Waals surface area contributed by atoms with Gasteiger partial charge in [-0.2, -0.15) is 0 Å². The standard InChI is InChI=1S/C16H23N/c1-12-4-6-13(7-5-12)15-9-8-14-3-2-10-17-16(14)11-15/h8-9,11-13,17H,2-7,10H2,1H3. The molecular weight excluding hydrogens is 206 g/mol. The van der Waals surface area contributed by atoms with Crippen LogP contribution >= 0.6 is 0 Å². The quantitative estimate of drug-likeness (QED) is 0.755. The Morgan fingerprint density at radius 1 is 1.12 bits per heavy atom. The molecule has 1 aromatic rings. The first-order valence-electron chi connectivity index (χ1n) is 7.19. The molecule has 1 heterocycles. The van der Waals surface area contributed by atoms with Crippen LogP contribution in [0.15, 0.2) is 18.2 Å². The fourth-order valence-corrected chi connectivity index (χ4v) is 3.33. The molecule has 1 fully saturated rings. The lowest BCUT2D eigenvalue weighted by atomic mass is 9.79. The normalized spacial score (nSPS) is 28.3. The van der Waals surface area contributed by atoms with Crippen LogP contribution in [0, 0.1) is 5.92 Å². The van der Waals surface area contributed by atoms with Crippen LogP contribution in [0.25, 0.3) is 0 Å². The largest absolute Gasteiger partial charge is 0.385 e. The Labute approximate surface area is 105 Å². The van der Waals surface area contributed by atoms with Gasteiger partial charge >= 0.3 is 0 Å². The zero-order chi connectivity index (χ0) is 11.7. The maximum absolute atomic E-state index is 3.55. The van der Waals surface area contributed by atoms with Gasteiger partial charge in [0.2, 0.25) is 0 Å². The van der Waals surface area contributed by atoms with Crippen molar-refractivity contribution in [3.63, 3.8) is 0 Å².